The molecule has 0 spiro atoms. The molecule has 1 heterocycles. The summed E-state index contributed by atoms with van der Waals surface area (Å²) < 4.78 is 38.0. The Hall–Kier alpha value is -0.740. The maximum Gasteiger partial charge on any atom is 0.244 e. The highest BCUT2D eigenvalue weighted by atomic mass is 79.9. The number of ether oxygens (including phenoxy) is 2. The molecule has 2 N–H and O–H groups in total. The quantitative estimate of drug-likeness (QED) is 0.668. The average Bonchev–Trinajstić information content (AvgIpc) is 2.45. The Balaban J connectivity index is 2.94. The summed E-state index contributed by atoms with van der Waals surface area (Å²) in [5, 5.41) is 2.93. The Kier molecular flexibility index (Phi) is 7.53. The molecule has 1 atom stereocenters. The minimum Gasteiger partial charge on any atom is -0.382 e. The Morgan fingerprint density at radius 3 is 2.71 bits per heavy atom. The van der Waals surface area contributed by atoms with Crippen molar-refractivity contribution in [1.82, 2.24) is 9.71 Å². The van der Waals surface area contributed by atoms with Gasteiger partial charge in [-0.3, -0.25) is 0 Å². The monoisotopic (exact) mass is 381 g/mol. The van der Waals surface area contributed by atoms with Crippen LogP contribution in [-0.2, 0) is 19.5 Å². The molecule has 0 aliphatic heterocycles. The number of anilines is 1. The fourth-order valence-electron chi connectivity index (χ4n) is 1.60. The van der Waals surface area contributed by atoms with E-state index in [9.17, 15) is 8.42 Å². The summed E-state index contributed by atoms with van der Waals surface area (Å²) in [5.41, 5.74) is 0. The van der Waals surface area contributed by atoms with Gasteiger partial charge in [-0.1, -0.05) is 0 Å². The second-order valence-corrected chi connectivity index (χ2v) is 6.85. The predicted octanol–water partition coefficient (Wildman–Crippen LogP) is 1.22. The number of rotatable bonds is 9. The van der Waals surface area contributed by atoms with Crippen LogP contribution in [0.2, 0.25) is 0 Å². The highest BCUT2D eigenvalue weighted by molar-refractivity contribution is 9.10. The Bertz CT molecular complexity index is 553. The number of pyridine rings is 1. The molecular formula is C12H20BrN3O4S. The average molecular weight is 382 g/mol. The van der Waals surface area contributed by atoms with E-state index in [2.05, 4.69) is 31.0 Å². The van der Waals surface area contributed by atoms with Crippen molar-refractivity contribution in [3.63, 3.8) is 0 Å². The van der Waals surface area contributed by atoms with Crippen LogP contribution >= 0.6 is 15.9 Å². The lowest BCUT2D eigenvalue weighted by atomic mass is 10.4. The third-order valence-electron chi connectivity index (χ3n) is 2.64. The van der Waals surface area contributed by atoms with Gasteiger partial charge in [0.1, 0.15) is 10.7 Å². The molecule has 0 aliphatic carbocycles. The van der Waals surface area contributed by atoms with Crippen LogP contribution in [0.15, 0.2) is 21.6 Å². The number of aromatic nitrogens is 1. The van der Waals surface area contributed by atoms with Gasteiger partial charge in [0.05, 0.1) is 12.7 Å². The van der Waals surface area contributed by atoms with Gasteiger partial charge in [0.25, 0.3) is 0 Å². The zero-order valence-corrected chi connectivity index (χ0v) is 14.6. The number of nitrogens with one attached hydrogen (secondary N) is 2. The summed E-state index contributed by atoms with van der Waals surface area (Å²) in [4.78, 5) is 4.17. The van der Waals surface area contributed by atoms with Crippen molar-refractivity contribution in [1.29, 1.82) is 0 Å². The van der Waals surface area contributed by atoms with Crippen LogP contribution in [0.5, 0.6) is 0 Å². The molecule has 0 aromatic carbocycles. The van der Waals surface area contributed by atoms with E-state index in [-0.39, 0.29) is 17.5 Å². The lowest BCUT2D eigenvalue weighted by molar-refractivity contribution is 0.0320. The maximum absolute atomic E-state index is 12.4. The van der Waals surface area contributed by atoms with Gasteiger partial charge in [0.15, 0.2) is 0 Å². The van der Waals surface area contributed by atoms with Gasteiger partial charge >= 0.3 is 0 Å². The highest BCUT2D eigenvalue weighted by Gasteiger charge is 2.21. The van der Waals surface area contributed by atoms with Crippen molar-refractivity contribution in [3.05, 3.63) is 16.7 Å². The second-order valence-electron chi connectivity index (χ2n) is 4.20. The van der Waals surface area contributed by atoms with Crippen LogP contribution < -0.4 is 10.0 Å². The first-order valence-electron chi connectivity index (χ1n) is 6.35. The van der Waals surface area contributed by atoms with E-state index >= 15 is 0 Å². The van der Waals surface area contributed by atoms with Gasteiger partial charge in [0, 0.05) is 38.0 Å². The molecule has 1 unspecified atom stereocenters. The number of nitrogens with zero attached hydrogens (tertiary/aromatic N) is 1. The fraction of sp³-hybridized carbons (Fsp3) is 0.583. The van der Waals surface area contributed by atoms with Crippen LogP contribution in [0.1, 0.15) is 6.92 Å². The molecular weight excluding hydrogens is 362 g/mol. The van der Waals surface area contributed by atoms with Crippen LogP contribution in [0.4, 0.5) is 5.82 Å². The van der Waals surface area contributed by atoms with E-state index in [1.165, 1.54) is 20.3 Å². The molecule has 1 rings (SSSR count). The van der Waals surface area contributed by atoms with Crippen molar-refractivity contribution >= 4 is 31.8 Å². The molecule has 1 aromatic heterocycles. The summed E-state index contributed by atoms with van der Waals surface area (Å²) in [7, 11) is -0.667. The third-order valence-corrected chi connectivity index (χ3v) is 4.51. The number of halogens is 1. The molecule has 7 nitrogen and oxygen atoms in total. The lowest BCUT2D eigenvalue weighted by Gasteiger charge is -2.16. The van der Waals surface area contributed by atoms with Crippen LogP contribution in [0, 0.1) is 0 Å². The Morgan fingerprint density at radius 2 is 2.14 bits per heavy atom. The highest BCUT2D eigenvalue weighted by Crippen LogP contribution is 2.22. The first-order chi connectivity index (χ1) is 9.94. The van der Waals surface area contributed by atoms with Crippen molar-refractivity contribution in [3.8, 4) is 0 Å². The molecule has 21 heavy (non-hydrogen) atoms. The zero-order valence-electron chi connectivity index (χ0n) is 12.2. The molecule has 0 saturated heterocycles. The van der Waals surface area contributed by atoms with E-state index in [1.807, 2.05) is 6.92 Å². The van der Waals surface area contributed by atoms with Gasteiger partial charge < -0.3 is 14.8 Å². The van der Waals surface area contributed by atoms with Gasteiger partial charge in [0.2, 0.25) is 10.0 Å². The maximum atomic E-state index is 12.4. The minimum absolute atomic E-state index is 0.0889. The molecule has 0 amide bonds. The fourth-order valence-corrected chi connectivity index (χ4v) is 3.31. The number of hydrogen-bond acceptors (Lipinski definition) is 6. The van der Waals surface area contributed by atoms with E-state index in [0.29, 0.717) is 23.4 Å². The van der Waals surface area contributed by atoms with E-state index in [1.54, 1.807) is 6.20 Å². The largest absolute Gasteiger partial charge is 0.382 e. The van der Waals surface area contributed by atoms with Gasteiger partial charge in [-0.25, -0.2) is 18.1 Å². The lowest BCUT2D eigenvalue weighted by Crippen LogP contribution is -2.36. The molecule has 0 fully saturated rings. The van der Waals surface area contributed by atoms with E-state index in [0.717, 1.165) is 0 Å². The van der Waals surface area contributed by atoms with E-state index < -0.39 is 10.0 Å². The molecule has 0 bridgehead atoms. The summed E-state index contributed by atoms with van der Waals surface area (Å²) in [6.45, 7) is 2.86. The molecule has 9 heteroatoms. The summed E-state index contributed by atoms with van der Waals surface area (Å²) in [6, 6.07) is 1.51. The molecule has 0 aliphatic rings. The van der Waals surface area contributed by atoms with Crippen molar-refractivity contribution in [2.45, 2.75) is 17.9 Å². The summed E-state index contributed by atoms with van der Waals surface area (Å²) in [5.74, 6) is 0.314. The number of hydrogen-bond donors (Lipinski definition) is 2. The second kappa shape index (κ2) is 8.64. The summed E-state index contributed by atoms with van der Waals surface area (Å²) in [6.07, 6.45) is 1.19. The first kappa shape index (κ1) is 18.3. The van der Waals surface area contributed by atoms with Crippen molar-refractivity contribution in [2.24, 2.45) is 0 Å². The molecule has 0 saturated carbocycles. The molecule has 1 aromatic rings. The SMILES string of the molecule is CCNc1ncc(Br)cc1S(=O)(=O)NCC(COC)OC. The van der Waals surface area contributed by atoms with Gasteiger partial charge in [-0.2, -0.15) is 0 Å². The Morgan fingerprint density at radius 1 is 1.43 bits per heavy atom. The molecule has 120 valence electrons. The van der Waals surface area contributed by atoms with Crippen molar-refractivity contribution < 1.29 is 17.9 Å². The number of sulfonamides is 1. The van der Waals surface area contributed by atoms with Crippen molar-refractivity contribution in [2.75, 3.05) is 39.2 Å². The third kappa shape index (κ3) is 5.51. The van der Waals surface area contributed by atoms with Gasteiger partial charge in [-0.05, 0) is 28.9 Å². The predicted molar refractivity (Wildman–Crippen MR) is 84.0 cm³/mol. The van der Waals surface area contributed by atoms with E-state index in [4.69, 9.17) is 9.47 Å². The smallest absolute Gasteiger partial charge is 0.244 e. The Labute approximate surface area is 133 Å². The normalized spacial score (nSPS) is 13.1. The van der Waals surface area contributed by atoms with Gasteiger partial charge in [-0.15, -0.1) is 0 Å². The number of methoxy groups -OCH3 is 2. The summed E-state index contributed by atoms with van der Waals surface area (Å²) >= 11 is 3.23. The molecule has 0 radical (unpaired) electrons. The van der Waals surface area contributed by atoms with Crippen LogP contribution in [-0.4, -0.2) is 53.4 Å². The van der Waals surface area contributed by atoms with Crippen LogP contribution in [0.25, 0.3) is 0 Å². The topological polar surface area (TPSA) is 89.6 Å². The standard InChI is InChI=1S/C12H20BrN3O4S/c1-4-14-12-11(5-9(13)6-15-12)21(17,18)16-7-10(20-3)8-19-2/h5-6,10,16H,4,7-8H2,1-3H3,(H,14,15). The zero-order chi connectivity index (χ0) is 15.9. The van der Waals surface area contributed by atoms with Crippen LogP contribution in [0.3, 0.4) is 0 Å². The minimum atomic E-state index is -3.70. The first-order valence-corrected chi connectivity index (χ1v) is 8.63.